The normalized spacial score (nSPS) is 11.2. The average molecular weight is 292 g/mol. The van der Waals surface area contributed by atoms with Crippen molar-refractivity contribution in [2.75, 3.05) is 5.32 Å². The van der Waals surface area contributed by atoms with E-state index in [2.05, 4.69) is 15.3 Å². The highest BCUT2D eigenvalue weighted by Gasteiger charge is 2.10. The molecule has 0 saturated heterocycles. The van der Waals surface area contributed by atoms with Gasteiger partial charge in [-0.3, -0.25) is 4.40 Å². The molecule has 2 aromatic carbocycles. The van der Waals surface area contributed by atoms with Crippen molar-refractivity contribution in [3.63, 3.8) is 0 Å². The molecular formula is C17H13FN4. The van der Waals surface area contributed by atoms with Gasteiger partial charge in [-0.1, -0.05) is 18.2 Å². The summed E-state index contributed by atoms with van der Waals surface area (Å²) in [5, 5.41) is 3.25. The largest absolute Gasteiger partial charge is 0.341 e. The number of para-hydroxylation sites is 2. The standard InChI is InChI=1S/C17H13FN4/c1-11-9-16(20-13-6-4-5-12(18)10-13)22-15-8-3-2-7-14(15)21-17(22)19-11/h2-10,20H,1H3. The number of rotatable bonds is 2. The van der Waals surface area contributed by atoms with Crippen molar-refractivity contribution >= 4 is 28.3 Å². The van der Waals surface area contributed by atoms with Crippen LogP contribution < -0.4 is 5.32 Å². The Morgan fingerprint density at radius 3 is 2.73 bits per heavy atom. The lowest BCUT2D eigenvalue weighted by Crippen LogP contribution is -2.01. The summed E-state index contributed by atoms with van der Waals surface area (Å²) < 4.78 is 15.3. The fourth-order valence-electron chi connectivity index (χ4n) is 2.58. The molecule has 0 radical (unpaired) electrons. The number of benzene rings is 2. The number of aryl methyl sites for hydroxylation is 1. The molecule has 0 aliphatic carbocycles. The molecule has 0 bridgehead atoms. The fourth-order valence-corrected chi connectivity index (χ4v) is 2.58. The predicted molar refractivity (Wildman–Crippen MR) is 84.9 cm³/mol. The SMILES string of the molecule is Cc1cc(Nc2cccc(F)c2)n2c(n1)nc1ccccc12. The summed E-state index contributed by atoms with van der Waals surface area (Å²) in [6.45, 7) is 1.91. The summed E-state index contributed by atoms with van der Waals surface area (Å²) in [5.74, 6) is 1.16. The van der Waals surface area contributed by atoms with E-state index in [1.54, 1.807) is 6.07 Å². The molecule has 22 heavy (non-hydrogen) atoms. The quantitative estimate of drug-likeness (QED) is 0.605. The van der Waals surface area contributed by atoms with Gasteiger partial charge in [0.1, 0.15) is 11.6 Å². The first kappa shape index (κ1) is 12.8. The highest BCUT2D eigenvalue weighted by Crippen LogP contribution is 2.24. The molecule has 108 valence electrons. The molecule has 0 aliphatic heterocycles. The van der Waals surface area contributed by atoms with Crippen LogP contribution in [0.4, 0.5) is 15.9 Å². The predicted octanol–water partition coefficient (Wildman–Crippen LogP) is 4.07. The Bertz CT molecular complexity index is 990. The maximum Gasteiger partial charge on any atom is 0.236 e. The number of anilines is 2. The Balaban J connectivity index is 1.95. The van der Waals surface area contributed by atoms with Crippen LogP contribution in [0, 0.1) is 12.7 Å². The van der Waals surface area contributed by atoms with E-state index >= 15 is 0 Å². The minimum atomic E-state index is -0.275. The van der Waals surface area contributed by atoms with Gasteiger partial charge in [-0.2, -0.15) is 0 Å². The van der Waals surface area contributed by atoms with E-state index in [4.69, 9.17) is 0 Å². The van der Waals surface area contributed by atoms with Crippen LogP contribution in [0.15, 0.2) is 54.6 Å². The number of hydrogen-bond donors (Lipinski definition) is 1. The molecule has 2 heterocycles. The Hall–Kier alpha value is -2.95. The van der Waals surface area contributed by atoms with Gasteiger partial charge in [0.2, 0.25) is 5.78 Å². The van der Waals surface area contributed by atoms with Crippen LogP contribution in [0.5, 0.6) is 0 Å². The Morgan fingerprint density at radius 1 is 1.00 bits per heavy atom. The summed E-state index contributed by atoms with van der Waals surface area (Å²) in [6.07, 6.45) is 0. The Morgan fingerprint density at radius 2 is 1.86 bits per heavy atom. The van der Waals surface area contributed by atoms with Gasteiger partial charge >= 0.3 is 0 Å². The number of nitrogens with one attached hydrogen (secondary N) is 1. The van der Waals surface area contributed by atoms with Crippen molar-refractivity contribution in [3.8, 4) is 0 Å². The van der Waals surface area contributed by atoms with E-state index in [1.807, 2.05) is 47.7 Å². The van der Waals surface area contributed by atoms with E-state index in [0.29, 0.717) is 11.5 Å². The van der Waals surface area contributed by atoms with Crippen LogP contribution in [0.2, 0.25) is 0 Å². The van der Waals surface area contributed by atoms with Crippen LogP contribution in [0.3, 0.4) is 0 Å². The third-order valence-electron chi connectivity index (χ3n) is 3.50. The second kappa shape index (κ2) is 4.80. The summed E-state index contributed by atoms with van der Waals surface area (Å²) in [7, 11) is 0. The Labute approximate surface area is 126 Å². The van der Waals surface area contributed by atoms with Crippen LogP contribution in [0.1, 0.15) is 5.69 Å². The van der Waals surface area contributed by atoms with Gasteiger partial charge in [-0.05, 0) is 37.3 Å². The minimum absolute atomic E-state index is 0.275. The molecule has 0 aliphatic rings. The van der Waals surface area contributed by atoms with Gasteiger partial charge in [-0.25, -0.2) is 14.4 Å². The van der Waals surface area contributed by atoms with E-state index in [0.717, 1.165) is 22.5 Å². The number of aromatic nitrogens is 3. The first-order chi connectivity index (χ1) is 10.7. The summed E-state index contributed by atoms with van der Waals surface area (Å²) >= 11 is 0. The molecule has 0 spiro atoms. The van der Waals surface area contributed by atoms with Gasteiger partial charge in [-0.15, -0.1) is 0 Å². The zero-order chi connectivity index (χ0) is 15.1. The smallest absolute Gasteiger partial charge is 0.236 e. The van der Waals surface area contributed by atoms with Crippen molar-refractivity contribution in [1.29, 1.82) is 0 Å². The maximum absolute atomic E-state index is 13.4. The van der Waals surface area contributed by atoms with Crippen molar-refractivity contribution < 1.29 is 4.39 Å². The number of halogens is 1. The van der Waals surface area contributed by atoms with Crippen molar-refractivity contribution in [1.82, 2.24) is 14.4 Å². The van der Waals surface area contributed by atoms with Crippen molar-refractivity contribution in [2.24, 2.45) is 0 Å². The van der Waals surface area contributed by atoms with Gasteiger partial charge in [0.15, 0.2) is 0 Å². The molecule has 5 heteroatoms. The Kier molecular flexibility index (Phi) is 2.79. The van der Waals surface area contributed by atoms with Crippen LogP contribution >= 0.6 is 0 Å². The number of hydrogen-bond acceptors (Lipinski definition) is 3. The van der Waals surface area contributed by atoms with Gasteiger partial charge in [0.25, 0.3) is 0 Å². The highest BCUT2D eigenvalue weighted by atomic mass is 19.1. The summed E-state index contributed by atoms with van der Waals surface area (Å²) in [6, 6.07) is 16.1. The zero-order valence-electron chi connectivity index (χ0n) is 11.9. The molecule has 1 N–H and O–H groups in total. The number of fused-ring (bicyclic) bond motifs is 3. The first-order valence-corrected chi connectivity index (χ1v) is 6.98. The second-order valence-corrected chi connectivity index (χ2v) is 5.15. The first-order valence-electron chi connectivity index (χ1n) is 6.98. The zero-order valence-corrected chi connectivity index (χ0v) is 11.9. The van der Waals surface area contributed by atoms with Gasteiger partial charge < -0.3 is 5.32 Å². The van der Waals surface area contributed by atoms with E-state index in [-0.39, 0.29) is 5.82 Å². The molecule has 0 saturated carbocycles. The molecule has 0 fully saturated rings. The minimum Gasteiger partial charge on any atom is -0.341 e. The van der Waals surface area contributed by atoms with Gasteiger partial charge in [0, 0.05) is 17.4 Å². The van der Waals surface area contributed by atoms with E-state index in [9.17, 15) is 4.39 Å². The van der Waals surface area contributed by atoms with Gasteiger partial charge in [0.05, 0.1) is 11.0 Å². The summed E-state index contributed by atoms with van der Waals surface area (Å²) in [4.78, 5) is 9.00. The third kappa shape index (κ3) is 2.07. The fraction of sp³-hybridized carbons (Fsp3) is 0.0588. The second-order valence-electron chi connectivity index (χ2n) is 5.15. The lowest BCUT2D eigenvalue weighted by molar-refractivity contribution is 0.628. The molecule has 4 aromatic rings. The number of imidazole rings is 1. The molecule has 4 nitrogen and oxygen atoms in total. The van der Waals surface area contributed by atoms with E-state index in [1.165, 1.54) is 12.1 Å². The third-order valence-corrected chi connectivity index (χ3v) is 3.50. The van der Waals surface area contributed by atoms with Crippen LogP contribution in [-0.4, -0.2) is 14.4 Å². The van der Waals surface area contributed by atoms with Crippen LogP contribution in [0.25, 0.3) is 16.8 Å². The van der Waals surface area contributed by atoms with Crippen molar-refractivity contribution in [2.45, 2.75) is 6.92 Å². The molecule has 0 unspecified atom stereocenters. The topological polar surface area (TPSA) is 42.2 Å². The summed E-state index contributed by atoms with van der Waals surface area (Å²) in [5.41, 5.74) is 3.37. The molecular weight excluding hydrogens is 279 g/mol. The van der Waals surface area contributed by atoms with Crippen LogP contribution in [-0.2, 0) is 0 Å². The highest BCUT2D eigenvalue weighted by molar-refractivity contribution is 5.82. The van der Waals surface area contributed by atoms with E-state index < -0.39 is 0 Å². The lowest BCUT2D eigenvalue weighted by Gasteiger charge is -2.10. The molecule has 4 rings (SSSR count). The average Bonchev–Trinajstić information content (AvgIpc) is 2.85. The molecule has 0 amide bonds. The molecule has 2 aromatic heterocycles. The lowest BCUT2D eigenvalue weighted by atomic mass is 10.3. The number of nitrogens with zero attached hydrogens (tertiary/aromatic N) is 3. The maximum atomic E-state index is 13.4. The monoisotopic (exact) mass is 292 g/mol. The van der Waals surface area contributed by atoms with Crippen molar-refractivity contribution in [3.05, 3.63) is 66.1 Å². The molecule has 0 atom stereocenters.